The minimum atomic E-state index is -0.567. The SMILES string of the molecule is CCOC(=O)C1=C(c2ccccc2)N=C2S[C@H](C)C(=O)N2[C@H]1c1ccc(C)cc1. The van der Waals surface area contributed by atoms with Crippen LogP contribution >= 0.6 is 11.8 Å². The Morgan fingerprint density at radius 3 is 2.48 bits per heavy atom. The van der Waals surface area contributed by atoms with Crippen molar-refractivity contribution in [3.05, 3.63) is 76.9 Å². The van der Waals surface area contributed by atoms with Gasteiger partial charge >= 0.3 is 5.97 Å². The number of ether oxygens (including phenoxy) is 1. The minimum absolute atomic E-state index is 0.0479. The summed E-state index contributed by atoms with van der Waals surface area (Å²) in [4.78, 5) is 32.5. The number of carbonyl (C=O) groups is 2. The van der Waals surface area contributed by atoms with E-state index in [0.29, 0.717) is 16.4 Å². The van der Waals surface area contributed by atoms with Crippen LogP contribution in [0.1, 0.15) is 36.6 Å². The number of hydrogen-bond acceptors (Lipinski definition) is 5. The van der Waals surface area contributed by atoms with Gasteiger partial charge in [-0.1, -0.05) is 71.9 Å². The Morgan fingerprint density at radius 1 is 1.14 bits per heavy atom. The Balaban J connectivity index is 1.97. The van der Waals surface area contributed by atoms with Crippen molar-refractivity contribution in [3.63, 3.8) is 0 Å². The third-order valence-electron chi connectivity index (χ3n) is 5.00. The molecule has 29 heavy (non-hydrogen) atoms. The lowest BCUT2D eigenvalue weighted by Gasteiger charge is -2.33. The number of rotatable bonds is 4. The number of amides is 1. The summed E-state index contributed by atoms with van der Waals surface area (Å²) in [6.07, 6.45) is 0. The van der Waals surface area contributed by atoms with E-state index in [0.717, 1.165) is 16.7 Å². The Kier molecular flexibility index (Phi) is 5.28. The minimum Gasteiger partial charge on any atom is -0.463 e. The van der Waals surface area contributed by atoms with Crippen LogP contribution in [0.2, 0.25) is 0 Å². The Labute approximate surface area is 174 Å². The summed E-state index contributed by atoms with van der Waals surface area (Å²) in [5.41, 5.74) is 3.76. The maximum atomic E-state index is 13.1. The quantitative estimate of drug-likeness (QED) is 0.709. The van der Waals surface area contributed by atoms with Crippen LogP contribution in [0.25, 0.3) is 5.70 Å². The molecule has 2 aliphatic heterocycles. The van der Waals surface area contributed by atoms with E-state index in [-0.39, 0.29) is 17.8 Å². The third kappa shape index (κ3) is 3.49. The first-order valence-corrected chi connectivity index (χ1v) is 10.5. The van der Waals surface area contributed by atoms with E-state index in [1.54, 1.807) is 11.8 Å². The number of amidine groups is 1. The fraction of sp³-hybridized carbons (Fsp3) is 0.261. The van der Waals surface area contributed by atoms with Crippen LogP contribution in [0, 0.1) is 6.92 Å². The van der Waals surface area contributed by atoms with Gasteiger partial charge in [0.1, 0.15) is 0 Å². The molecule has 0 bridgehead atoms. The number of thioether (sulfide) groups is 1. The molecule has 2 heterocycles. The van der Waals surface area contributed by atoms with E-state index in [1.807, 2.05) is 68.4 Å². The van der Waals surface area contributed by atoms with Crippen molar-refractivity contribution in [1.82, 2.24) is 4.90 Å². The smallest absolute Gasteiger partial charge is 0.338 e. The van der Waals surface area contributed by atoms with E-state index in [4.69, 9.17) is 9.73 Å². The molecule has 0 unspecified atom stereocenters. The van der Waals surface area contributed by atoms with Gasteiger partial charge in [-0.15, -0.1) is 0 Å². The molecule has 0 aliphatic carbocycles. The molecule has 0 saturated carbocycles. The van der Waals surface area contributed by atoms with Crippen molar-refractivity contribution in [3.8, 4) is 0 Å². The molecule has 2 atom stereocenters. The lowest BCUT2D eigenvalue weighted by atomic mass is 9.91. The fourth-order valence-electron chi connectivity index (χ4n) is 3.59. The summed E-state index contributed by atoms with van der Waals surface area (Å²) in [5.74, 6) is -0.495. The van der Waals surface area contributed by atoms with Crippen molar-refractivity contribution in [2.45, 2.75) is 32.1 Å². The average molecular weight is 407 g/mol. The first kappa shape index (κ1) is 19.5. The highest BCUT2D eigenvalue weighted by atomic mass is 32.2. The third-order valence-corrected chi connectivity index (χ3v) is 6.06. The molecule has 5 nitrogen and oxygen atoms in total. The predicted octanol–water partition coefficient (Wildman–Crippen LogP) is 4.34. The van der Waals surface area contributed by atoms with Crippen LogP contribution in [-0.2, 0) is 14.3 Å². The van der Waals surface area contributed by atoms with Crippen LogP contribution in [-0.4, -0.2) is 33.8 Å². The zero-order valence-electron chi connectivity index (χ0n) is 16.6. The van der Waals surface area contributed by atoms with Gasteiger partial charge in [0.15, 0.2) is 5.17 Å². The van der Waals surface area contributed by atoms with E-state index < -0.39 is 12.0 Å². The van der Waals surface area contributed by atoms with Gasteiger partial charge in [0, 0.05) is 5.56 Å². The molecule has 148 valence electrons. The molecule has 0 N–H and O–H groups in total. The van der Waals surface area contributed by atoms with Gasteiger partial charge in [-0.3, -0.25) is 9.69 Å². The highest BCUT2D eigenvalue weighted by Gasteiger charge is 2.47. The maximum absolute atomic E-state index is 13.1. The average Bonchev–Trinajstić information content (AvgIpc) is 3.02. The molecular formula is C23H22N2O3S. The normalized spacial score (nSPS) is 21.1. The number of aryl methyl sites for hydroxylation is 1. The standard InChI is InChI=1S/C23H22N2O3S/c1-4-28-22(27)18-19(16-8-6-5-7-9-16)24-23-25(21(26)15(3)29-23)20(18)17-12-10-14(2)11-13-17/h5-13,15,20H,4H2,1-3H3/t15-,20+/m1/s1. The number of hydrogen-bond donors (Lipinski definition) is 0. The summed E-state index contributed by atoms with van der Waals surface area (Å²) in [6, 6.07) is 16.9. The lowest BCUT2D eigenvalue weighted by Crippen LogP contribution is -2.40. The Morgan fingerprint density at radius 2 is 1.83 bits per heavy atom. The first-order chi connectivity index (χ1) is 14.0. The molecule has 1 amide bonds. The molecule has 6 heteroatoms. The topological polar surface area (TPSA) is 59.0 Å². The van der Waals surface area contributed by atoms with Crippen molar-refractivity contribution < 1.29 is 14.3 Å². The second-order valence-electron chi connectivity index (χ2n) is 7.02. The van der Waals surface area contributed by atoms with Gasteiger partial charge in [-0.05, 0) is 26.3 Å². The van der Waals surface area contributed by atoms with Gasteiger partial charge in [0.2, 0.25) is 5.91 Å². The van der Waals surface area contributed by atoms with Gasteiger partial charge in [0.25, 0.3) is 0 Å². The highest BCUT2D eigenvalue weighted by Crippen LogP contribution is 2.45. The summed E-state index contributed by atoms with van der Waals surface area (Å²) in [7, 11) is 0. The van der Waals surface area contributed by atoms with Crippen molar-refractivity contribution >= 4 is 34.5 Å². The fourth-order valence-corrected chi connectivity index (χ4v) is 4.57. The molecular weight excluding hydrogens is 384 g/mol. The summed E-state index contributed by atoms with van der Waals surface area (Å²) < 4.78 is 5.41. The van der Waals surface area contributed by atoms with E-state index >= 15 is 0 Å². The van der Waals surface area contributed by atoms with E-state index in [9.17, 15) is 9.59 Å². The molecule has 2 aromatic rings. The molecule has 2 aliphatic rings. The van der Waals surface area contributed by atoms with Gasteiger partial charge in [-0.25, -0.2) is 9.79 Å². The number of carbonyl (C=O) groups excluding carboxylic acids is 2. The monoisotopic (exact) mass is 406 g/mol. The number of nitrogens with zero attached hydrogens (tertiary/aromatic N) is 2. The van der Waals surface area contributed by atoms with Gasteiger partial charge in [-0.2, -0.15) is 0 Å². The van der Waals surface area contributed by atoms with Crippen molar-refractivity contribution in [2.75, 3.05) is 6.61 Å². The van der Waals surface area contributed by atoms with Crippen molar-refractivity contribution in [2.24, 2.45) is 4.99 Å². The van der Waals surface area contributed by atoms with E-state index in [1.165, 1.54) is 11.8 Å². The molecule has 0 aromatic heterocycles. The van der Waals surface area contributed by atoms with Crippen LogP contribution in [0.5, 0.6) is 0 Å². The number of benzene rings is 2. The molecule has 0 radical (unpaired) electrons. The van der Waals surface area contributed by atoms with Gasteiger partial charge in [0.05, 0.1) is 29.2 Å². The Hall–Kier alpha value is -2.86. The predicted molar refractivity (Wildman–Crippen MR) is 115 cm³/mol. The van der Waals surface area contributed by atoms with Crippen LogP contribution < -0.4 is 0 Å². The summed E-state index contributed by atoms with van der Waals surface area (Å²) >= 11 is 1.42. The van der Waals surface area contributed by atoms with Crippen LogP contribution in [0.3, 0.4) is 0 Å². The highest BCUT2D eigenvalue weighted by molar-refractivity contribution is 8.15. The molecule has 1 fully saturated rings. The van der Waals surface area contributed by atoms with Crippen LogP contribution in [0.15, 0.2) is 65.2 Å². The molecule has 1 saturated heterocycles. The number of aliphatic imine (C=N–C) groups is 1. The van der Waals surface area contributed by atoms with Gasteiger partial charge < -0.3 is 4.74 Å². The van der Waals surface area contributed by atoms with E-state index in [2.05, 4.69) is 0 Å². The summed E-state index contributed by atoms with van der Waals surface area (Å²) in [6.45, 7) is 5.90. The molecule has 0 spiro atoms. The second-order valence-corrected chi connectivity index (χ2v) is 8.33. The van der Waals surface area contributed by atoms with Crippen LogP contribution in [0.4, 0.5) is 0 Å². The number of esters is 1. The van der Waals surface area contributed by atoms with Crippen molar-refractivity contribution in [1.29, 1.82) is 0 Å². The second kappa shape index (κ2) is 7.87. The maximum Gasteiger partial charge on any atom is 0.338 e. The first-order valence-electron chi connectivity index (χ1n) is 9.63. The Bertz CT molecular complexity index is 1010. The zero-order chi connectivity index (χ0) is 20.5. The lowest BCUT2D eigenvalue weighted by molar-refractivity contribution is -0.139. The molecule has 2 aromatic carbocycles. The number of fused-ring (bicyclic) bond motifs is 1. The zero-order valence-corrected chi connectivity index (χ0v) is 17.4. The largest absolute Gasteiger partial charge is 0.463 e. The molecule has 4 rings (SSSR count). The summed E-state index contributed by atoms with van der Waals surface area (Å²) in [5, 5.41) is 0.375.